The molecule has 1 aromatic carbocycles. The zero-order chi connectivity index (χ0) is 13.0. The number of amides is 1. The maximum atomic E-state index is 11.9. The number of benzene rings is 1. The molecule has 1 aromatic rings. The average molecular weight is 249 g/mol. The summed E-state index contributed by atoms with van der Waals surface area (Å²) in [5, 5.41) is 0. The molecular formula is C13H19N3O2. The van der Waals surface area contributed by atoms with Gasteiger partial charge in [0.05, 0.1) is 5.69 Å². The third-order valence-electron chi connectivity index (χ3n) is 2.99. The summed E-state index contributed by atoms with van der Waals surface area (Å²) < 4.78 is 5.43. The van der Waals surface area contributed by atoms with Gasteiger partial charge in [-0.2, -0.15) is 0 Å². The fraction of sp³-hybridized carbons (Fsp3) is 0.462. The van der Waals surface area contributed by atoms with E-state index in [1.807, 2.05) is 18.2 Å². The molecule has 98 valence electrons. The second kappa shape index (κ2) is 5.84. The summed E-state index contributed by atoms with van der Waals surface area (Å²) in [5.41, 5.74) is 13.0. The van der Waals surface area contributed by atoms with Crippen LogP contribution in [-0.4, -0.2) is 32.1 Å². The number of nitrogens with zero attached hydrogens (tertiary/aromatic N) is 1. The Hall–Kier alpha value is -1.59. The standard InChI is InChI=1S/C13H19N3O2/c14-5-1-7-16-11-8-10(4-6-15)2-3-12(11)18-9-13(16)17/h2-3,8H,1,4-7,9,14-15H2. The van der Waals surface area contributed by atoms with Crippen LogP contribution >= 0.6 is 0 Å². The van der Waals surface area contributed by atoms with Gasteiger partial charge in [-0.15, -0.1) is 0 Å². The fourth-order valence-corrected chi connectivity index (χ4v) is 2.06. The number of hydrogen-bond donors (Lipinski definition) is 2. The van der Waals surface area contributed by atoms with Crippen LogP contribution in [0, 0.1) is 0 Å². The van der Waals surface area contributed by atoms with Crippen molar-refractivity contribution in [2.24, 2.45) is 11.5 Å². The number of anilines is 1. The molecule has 2 rings (SSSR count). The molecule has 1 amide bonds. The van der Waals surface area contributed by atoms with Crippen LogP contribution in [0.25, 0.3) is 0 Å². The van der Waals surface area contributed by atoms with Gasteiger partial charge in [0.2, 0.25) is 0 Å². The zero-order valence-corrected chi connectivity index (χ0v) is 10.4. The minimum Gasteiger partial charge on any atom is -0.482 e. The topological polar surface area (TPSA) is 81.6 Å². The number of fused-ring (bicyclic) bond motifs is 1. The molecule has 0 spiro atoms. The van der Waals surface area contributed by atoms with Gasteiger partial charge in [0.1, 0.15) is 5.75 Å². The highest BCUT2D eigenvalue weighted by Crippen LogP contribution is 2.33. The summed E-state index contributed by atoms with van der Waals surface area (Å²) >= 11 is 0. The summed E-state index contributed by atoms with van der Waals surface area (Å²) in [7, 11) is 0. The molecule has 1 aliphatic rings. The van der Waals surface area contributed by atoms with Crippen molar-refractivity contribution >= 4 is 11.6 Å². The van der Waals surface area contributed by atoms with Crippen molar-refractivity contribution in [3.8, 4) is 5.75 Å². The summed E-state index contributed by atoms with van der Waals surface area (Å²) in [4.78, 5) is 13.6. The summed E-state index contributed by atoms with van der Waals surface area (Å²) in [6.45, 7) is 1.91. The van der Waals surface area contributed by atoms with Gasteiger partial charge in [0.25, 0.3) is 5.91 Å². The first kappa shape index (κ1) is 12.9. The second-order valence-corrected chi connectivity index (χ2v) is 4.32. The zero-order valence-electron chi connectivity index (χ0n) is 10.4. The van der Waals surface area contributed by atoms with E-state index in [-0.39, 0.29) is 12.5 Å². The third-order valence-corrected chi connectivity index (χ3v) is 2.99. The van der Waals surface area contributed by atoms with Gasteiger partial charge in [-0.05, 0) is 43.6 Å². The number of carbonyl (C=O) groups is 1. The van der Waals surface area contributed by atoms with Gasteiger partial charge in [-0.1, -0.05) is 6.07 Å². The molecule has 18 heavy (non-hydrogen) atoms. The smallest absolute Gasteiger partial charge is 0.265 e. The van der Waals surface area contributed by atoms with Crippen molar-refractivity contribution < 1.29 is 9.53 Å². The first-order valence-electron chi connectivity index (χ1n) is 6.22. The molecule has 5 heteroatoms. The highest BCUT2D eigenvalue weighted by Gasteiger charge is 2.24. The van der Waals surface area contributed by atoms with Gasteiger partial charge >= 0.3 is 0 Å². The highest BCUT2D eigenvalue weighted by molar-refractivity contribution is 5.97. The molecule has 1 heterocycles. The van der Waals surface area contributed by atoms with Gasteiger partial charge in [0.15, 0.2) is 6.61 Å². The summed E-state index contributed by atoms with van der Waals surface area (Å²) in [6.07, 6.45) is 1.58. The Bertz CT molecular complexity index is 434. The molecule has 4 N–H and O–H groups in total. The second-order valence-electron chi connectivity index (χ2n) is 4.32. The molecule has 0 atom stereocenters. The van der Waals surface area contributed by atoms with Crippen molar-refractivity contribution in [3.05, 3.63) is 23.8 Å². The van der Waals surface area contributed by atoms with Crippen molar-refractivity contribution in [2.45, 2.75) is 12.8 Å². The van der Waals surface area contributed by atoms with Crippen LogP contribution in [0.1, 0.15) is 12.0 Å². The fourth-order valence-electron chi connectivity index (χ4n) is 2.06. The summed E-state index contributed by atoms with van der Waals surface area (Å²) in [6, 6.07) is 5.88. The van der Waals surface area contributed by atoms with Crippen LogP contribution in [0.15, 0.2) is 18.2 Å². The lowest BCUT2D eigenvalue weighted by Gasteiger charge is -2.29. The molecule has 0 aliphatic carbocycles. The Labute approximate surface area is 107 Å². The highest BCUT2D eigenvalue weighted by atomic mass is 16.5. The Morgan fingerprint density at radius 3 is 2.83 bits per heavy atom. The van der Waals surface area contributed by atoms with Crippen LogP contribution in [-0.2, 0) is 11.2 Å². The quantitative estimate of drug-likeness (QED) is 0.784. The molecule has 0 aromatic heterocycles. The van der Waals surface area contributed by atoms with Crippen LogP contribution in [0.3, 0.4) is 0 Å². The molecule has 1 aliphatic heterocycles. The summed E-state index contributed by atoms with van der Waals surface area (Å²) in [5.74, 6) is 0.744. The minimum absolute atomic E-state index is 0.0131. The van der Waals surface area contributed by atoms with Crippen molar-refractivity contribution in [3.63, 3.8) is 0 Å². The Balaban J connectivity index is 2.27. The normalized spacial score (nSPS) is 14.3. The maximum absolute atomic E-state index is 11.9. The number of carbonyl (C=O) groups excluding carboxylic acids is 1. The van der Waals surface area contributed by atoms with Crippen LogP contribution in [0.2, 0.25) is 0 Å². The van der Waals surface area contributed by atoms with E-state index < -0.39 is 0 Å². The lowest BCUT2D eigenvalue weighted by Crippen LogP contribution is -2.40. The molecule has 0 bridgehead atoms. The van der Waals surface area contributed by atoms with E-state index in [1.54, 1.807) is 4.90 Å². The van der Waals surface area contributed by atoms with Crippen LogP contribution < -0.4 is 21.1 Å². The molecule has 0 fully saturated rings. The predicted molar refractivity (Wildman–Crippen MR) is 70.7 cm³/mol. The number of hydrogen-bond acceptors (Lipinski definition) is 4. The van der Waals surface area contributed by atoms with Gasteiger partial charge < -0.3 is 21.1 Å². The monoisotopic (exact) mass is 249 g/mol. The SMILES string of the molecule is NCCCN1C(=O)COc2ccc(CCN)cc21. The van der Waals surface area contributed by atoms with E-state index in [4.69, 9.17) is 16.2 Å². The van der Waals surface area contributed by atoms with Crippen molar-refractivity contribution in [1.82, 2.24) is 0 Å². The Kier molecular flexibility index (Phi) is 4.17. The van der Waals surface area contributed by atoms with E-state index in [9.17, 15) is 4.79 Å². The largest absolute Gasteiger partial charge is 0.482 e. The number of ether oxygens (including phenoxy) is 1. The molecule has 0 saturated carbocycles. The Morgan fingerprint density at radius 1 is 1.28 bits per heavy atom. The van der Waals surface area contributed by atoms with E-state index in [1.165, 1.54) is 0 Å². The van der Waals surface area contributed by atoms with Crippen molar-refractivity contribution in [1.29, 1.82) is 0 Å². The van der Waals surface area contributed by atoms with E-state index >= 15 is 0 Å². The van der Waals surface area contributed by atoms with Crippen molar-refractivity contribution in [2.75, 3.05) is 31.1 Å². The molecule has 0 unspecified atom stereocenters. The predicted octanol–water partition coefficient (Wildman–Crippen LogP) is 0.262. The maximum Gasteiger partial charge on any atom is 0.265 e. The molecular weight excluding hydrogens is 230 g/mol. The lowest BCUT2D eigenvalue weighted by molar-refractivity contribution is -0.121. The third kappa shape index (κ3) is 2.63. The molecule has 5 nitrogen and oxygen atoms in total. The Morgan fingerprint density at radius 2 is 2.11 bits per heavy atom. The van der Waals surface area contributed by atoms with Gasteiger partial charge in [0, 0.05) is 6.54 Å². The van der Waals surface area contributed by atoms with Gasteiger partial charge in [-0.3, -0.25) is 4.79 Å². The average Bonchev–Trinajstić information content (AvgIpc) is 2.38. The number of nitrogens with two attached hydrogens (primary N) is 2. The van der Waals surface area contributed by atoms with Crippen LogP contribution in [0.5, 0.6) is 5.75 Å². The van der Waals surface area contributed by atoms with E-state index in [2.05, 4.69) is 0 Å². The van der Waals surface area contributed by atoms with E-state index in [0.717, 1.165) is 29.8 Å². The lowest BCUT2D eigenvalue weighted by atomic mass is 10.1. The molecule has 0 radical (unpaired) electrons. The first-order valence-corrected chi connectivity index (χ1v) is 6.22. The van der Waals surface area contributed by atoms with Gasteiger partial charge in [-0.25, -0.2) is 0 Å². The first-order chi connectivity index (χ1) is 8.76. The number of rotatable bonds is 5. The minimum atomic E-state index is -0.0131. The van der Waals surface area contributed by atoms with E-state index in [0.29, 0.717) is 19.6 Å². The molecule has 0 saturated heterocycles. The van der Waals surface area contributed by atoms with Crippen LogP contribution in [0.4, 0.5) is 5.69 Å².